The molecule has 2 amide bonds. The maximum atomic E-state index is 11.5. The van der Waals surface area contributed by atoms with Crippen molar-refractivity contribution in [1.29, 1.82) is 0 Å². The van der Waals surface area contributed by atoms with E-state index in [0.717, 1.165) is 11.5 Å². The first-order chi connectivity index (χ1) is 8.40. The maximum absolute atomic E-state index is 11.5. The molecular weight excluding hydrogens is 254 g/mol. The molecule has 1 rings (SSSR count). The summed E-state index contributed by atoms with van der Waals surface area (Å²) in [5.41, 5.74) is 5.64. The van der Waals surface area contributed by atoms with Gasteiger partial charge in [0, 0.05) is 11.5 Å². The molecule has 0 bridgehead atoms. The van der Waals surface area contributed by atoms with Crippen LogP contribution in [0.2, 0.25) is 0 Å². The number of anilines is 1. The Balaban J connectivity index is 2.35. The number of nitrogens with two attached hydrogens (primary N) is 1. The van der Waals surface area contributed by atoms with E-state index in [4.69, 9.17) is 5.73 Å². The summed E-state index contributed by atoms with van der Waals surface area (Å²) in [6.07, 6.45) is 0. The number of carbonyl (C=O) groups is 2. The highest BCUT2D eigenvalue weighted by Crippen LogP contribution is 2.09. The molecule has 0 radical (unpaired) electrons. The Morgan fingerprint density at radius 2 is 2.11 bits per heavy atom. The topological polar surface area (TPSA) is 110 Å². The summed E-state index contributed by atoms with van der Waals surface area (Å²) in [7, 11) is 0. The van der Waals surface area contributed by atoms with Crippen molar-refractivity contribution in [3.05, 3.63) is 5.82 Å². The van der Waals surface area contributed by atoms with Crippen molar-refractivity contribution >= 4 is 28.5 Å². The molecule has 0 spiro atoms. The third-order valence-corrected chi connectivity index (χ3v) is 2.94. The third-order valence-electron chi connectivity index (χ3n) is 2.22. The van der Waals surface area contributed by atoms with Gasteiger partial charge in [0.2, 0.25) is 16.9 Å². The van der Waals surface area contributed by atoms with E-state index in [-0.39, 0.29) is 24.3 Å². The third kappa shape index (κ3) is 4.38. The summed E-state index contributed by atoms with van der Waals surface area (Å²) >= 11 is 1.09. The average Bonchev–Trinajstić information content (AvgIpc) is 2.70. The summed E-state index contributed by atoms with van der Waals surface area (Å²) in [6.45, 7) is 5.29. The van der Waals surface area contributed by atoms with Gasteiger partial charge in [0.15, 0.2) is 0 Å². The van der Waals surface area contributed by atoms with Gasteiger partial charge in [-0.15, -0.1) is 0 Å². The molecular formula is C10H17N5O2S. The van der Waals surface area contributed by atoms with Gasteiger partial charge >= 0.3 is 0 Å². The second-order valence-corrected chi connectivity index (χ2v) is 4.93. The molecule has 0 saturated heterocycles. The molecule has 0 unspecified atom stereocenters. The smallest absolute Gasteiger partial charge is 0.245 e. The van der Waals surface area contributed by atoms with Crippen LogP contribution in [0.3, 0.4) is 0 Å². The van der Waals surface area contributed by atoms with Crippen LogP contribution in [0.25, 0.3) is 0 Å². The summed E-state index contributed by atoms with van der Waals surface area (Å²) in [6, 6.07) is -0.610. The van der Waals surface area contributed by atoms with Crippen molar-refractivity contribution in [1.82, 2.24) is 14.7 Å². The van der Waals surface area contributed by atoms with Gasteiger partial charge in [0.25, 0.3) is 0 Å². The lowest BCUT2D eigenvalue weighted by Crippen LogP contribution is -2.46. The molecule has 1 aromatic rings. The summed E-state index contributed by atoms with van der Waals surface area (Å²) in [4.78, 5) is 27.0. The number of hydrogen-bond donors (Lipinski definition) is 3. The molecule has 4 N–H and O–H groups in total. The van der Waals surface area contributed by atoms with Gasteiger partial charge in [-0.05, 0) is 12.8 Å². The van der Waals surface area contributed by atoms with Gasteiger partial charge in [0.05, 0.1) is 12.6 Å². The number of aryl methyl sites for hydroxylation is 1. The molecule has 0 aromatic carbocycles. The zero-order valence-electron chi connectivity index (χ0n) is 10.6. The predicted octanol–water partition coefficient (Wildman–Crippen LogP) is -0.115. The fraction of sp³-hybridized carbons (Fsp3) is 0.600. The van der Waals surface area contributed by atoms with Crippen LogP contribution in [0.15, 0.2) is 0 Å². The predicted molar refractivity (Wildman–Crippen MR) is 69.1 cm³/mol. The molecule has 1 aromatic heterocycles. The van der Waals surface area contributed by atoms with E-state index in [1.165, 1.54) is 0 Å². The second-order valence-electron chi connectivity index (χ2n) is 4.18. The highest BCUT2D eigenvalue weighted by molar-refractivity contribution is 7.09. The van der Waals surface area contributed by atoms with Crippen molar-refractivity contribution in [2.24, 2.45) is 11.7 Å². The Bertz CT molecular complexity index is 432. The van der Waals surface area contributed by atoms with E-state index < -0.39 is 6.04 Å². The number of carbonyl (C=O) groups excluding carboxylic acids is 2. The Morgan fingerprint density at radius 3 is 2.61 bits per heavy atom. The van der Waals surface area contributed by atoms with E-state index in [1.54, 1.807) is 6.92 Å². The molecule has 18 heavy (non-hydrogen) atoms. The van der Waals surface area contributed by atoms with Crippen molar-refractivity contribution in [3.63, 3.8) is 0 Å². The number of amides is 2. The number of nitrogens with one attached hydrogen (secondary N) is 2. The molecule has 0 aliphatic heterocycles. The minimum atomic E-state index is -0.610. The zero-order chi connectivity index (χ0) is 13.7. The molecule has 1 atom stereocenters. The van der Waals surface area contributed by atoms with Crippen LogP contribution in [0, 0.1) is 12.8 Å². The first-order valence-electron chi connectivity index (χ1n) is 5.53. The van der Waals surface area contributed by atoms with Crippen molar-refractivity contribution in [3.8, 4) is 0 Å². The molecule has 0 saturated carbocycles. The molecule has 8 heteroatoms. The molecule has 7 nitrogen and oxygen atoms in total. The molecule has 100 valence electrons. The van der Waals surface area contributed by atoms with Gasteiger partial charge in [-0.2, -0.15) is 4.37 Å². The lowest BCUT2D eigenvalue weighted by atomic mass is 10.1. The monoisotopic (exact) mass is 271 g/mol. The first kappa shape index (κ1) is 14.5. The fourth-order valence-electron chi connectivity index (χ4n) is 1.10. The van der Waals surface area contributed by atoms with Gasteiger partial charge in [0.1, 0.15) is 5.82 Å². The lowest BCUT2D eigenvalue weighted by Gasteiger charge is -2.14. The minimum Gasteiger partial charge on any atom is -0.346 e. The largest absolute Gasteiger partial charge is 0.346 e. The Hall–Kier alpha value is -1.54. The maximum Gasteiger partial charge on any atom is 0.245 e. The molecule has 0 aliphatic carbocycles. The van der Waals surface area contributed by atoms with Crippen LogP contribution in [0.4, 0.5) is 5.13 Å². The SMILES string of the molecule is Cc1nsc(NC(=O)CNC(=O)[C@@H](N)C(C)C)n1. The average molecular weight is 271 g/mol. The van der Waals surface area contributed by atoms with Crippen LogP contribution in [-0.2, 0) is 9.59 Å². The lowest BCUT2D eigenvalue weighted by molar-refractivity contribution is -0.125. The highest BCUT2D eigenvalue weighted by atomic mass is 32.1. The van der Waals surface area contributed by atoms with E-state index in [1.807, 2.05) is 13.8 Å². The molecule has 0 fully saturated rings. The normalized spacial score (nSPS) is 12.3. The fourth-order valence-corrected chi connectivity index (χ4v) is 1.69. The van der Waals surface area contributed by atoms with Gasteiger partial charge in [-0.25, -0.2) is 4.98 Å². The Morgan fingerprint density at radius 1 is 1.44 bits per heavy atom. The minimum absolute atomic E-state index is 0.0267. The summed E-state index contributed by atoms with van der Waals surface area (Å²) in [5.74, 6) is -0.0657. The quantitative estimate of drug-likeness (QED) is 0.692. The number of rotatable bonds is 5. The van der Waals surface area contributed by atoms with E-state index in [0.29, 0.717) is 11.0 Å². The van der Waals surface area contributed by atoms with Gasteiger partial charge < -0.3 is 11.1 Å². The Kier molecular flexibility index (Phi) is 5.17. The van der Waals surface area contributed by atoms with Crippen LogP contribution >= 0.6 is 11.5 Å². The zero-order valence-corrected chi connectivity index (χ0v) is 11.4. The Labute approximate surface area is 109 Å². The summed E-state index contributed by atoms with van der Waals surface area (Å²) in [5, 5.41) is 5.42. The van der Waals surface area contributed by atoms with Crippen molar-refractivity contribution < 1.29 is 9.59 Å². The van der Waals surface area contributed by atoms with Crippen LogP contribution in [0.1, 0.15) is 19.7 Å². The number of nitrogens with zero attached hydrogens (tertiary/aromatic N) is 2. The van der Waals surface area contributed by atoms with Crippen LogP contribution < -0.4 is 16.4 Å². The second kappa shape index (κ2) is 6.41. The molecule has 0 aliphatic rings. The molecule has 1 heterocycles. The number of hydrogen-bond acceptors (Lipinski definition) is 6. The number of aromatic nitrogens is 2. The van der Waals surface area contributed by atoms with Gasteiger partial charge in [-0.1, -0.05) is 13.8 Å². The highest BCUT2D eigenvalue weighted by Gasteiger charge is 2.17. The van der Waals surface area contributed by atoms with Crippen LogP contribution in [-0.4, -0.2) is 33.8 Å². The van der Waals surface area contributed by atoms with E-state index >= 15 is 0 Å². The summed E-state index contributed by atoms with van der Waals surface area (Å²) < 4.78 is 3.92. The van der Waals surface area contributed by atoms with Crippen LogP contribution in [0.5, 0.6) is 0 Å². The van der Waals surface area contributed by atoms with Gasteiger partial charge in [-0.3, -0.25) is 14.9 Å². The van der Waals surface area contributed by atoms with E-state index in [2.05, 4.69) is 20.0 Å². The van der Waals surface area contributed by atoms with Crippen molar-refractivity contribution in [2.45, 2.75) is 26.8 Å². The first-order valence-corrected chi connectivity index (χ1v) is 6.31. The van der Waals surface area contributed by atoms with E-state index in [9.17, 15) is 9.59 Å². The standard InChI is InChI=1S/C10H17N5O2S/c1-5(2)8(11)9(17)12-4-7(16)14-10-13-6(3)15-18-10/h5,8H,4,11H2,1-3H3,(H,12,17)(H,13,14,15,16)/t8-/m0/s1. The van der Waals surface area contributed by atoms with Crippen molar-refractivity contribution in [2.75, 3.05) is 11.9 Å².